The molecule has 0 spiro atoms. The maximum Gasteiger partial charge on any atom is 0.339 e. The smallest absolute Gasteiger partial charge is 0.339 e. The Morgan fingerprint density at radius 1 is 1.42 bits per heavy atom. The van der Waals surface area contributed by atoms with Crippen molar-refractivity contribution in [3.8, 4) is 0 Å². The number of rotatable bonds is 4. The van der Waals surface area contributed by atoms with Crippen molar-refractivity contribution in [3.05, 3.63) is 50.1 Å². The summed E-state index contributed by atoms with van der Waals surface area (Å²) < 4.78 is 5.89. The van der Waals surface area contributed by atoms with E-state index in [0.717, 1.165) is 10.2 Å². The number of methoxy groups -OCH3 is 1. The molecule has 2 rings (SSSR count). The maximum atomic E-state index is 11.6. The van der Waals surface area contributed by atoms with E-state index >= 15 is 0 Å². The Balaban J connectivity index is 2.13. The van der Waals surface area contributed by atoms with Crippen molar-refractivity contribution in [2.75, 3.05) is 12.4 Å². The van der Waals surface area contributed by atoms with Gasteiger partial charge in [0.1, 0.15) is 0 Å². The van der Waals surface area contributed by atoms with Crippen molar-refractivity contribution in [2.24, 2.45) is 0 Å². The zero-order valence-electron chi connectivity index (χ0n) is 10.7. The van der Waals surface area contributed by atoms with Gasteiger partial charge in [-0.2, -0.15) is 0 Å². The molecule has 0 saturated heterocycles. The number of carbonyl (C=O) groups excluding carboxylic acids is 1. The highest BCUT2D eigenvalue weighted by atomic mass is 79.9. The molecular formula is C14H14BrNO2S. The van der Waals surface area contributed by atoms with Crippen LogP contribution in [-0.4, -0.2) is 13.1 Å². The molecule has 100 valence electrons. The molecule has 5 heteroatoms. The number of anilines is 1. The fourth-order valence-electron chi connectivity index (χ4n) is 1.71. The van der Waals surface area contributed by atoms with Gasteiger partial charge < -0.3 is 10.1 Å². The van der Waals surface area contributed by atoms with E-state index < -0.39 is 0 Å². The minimum Gasteiger partial charge on any atom is -0.465 e. The average molecular weight is 340 g/mol. The quantitative estimate of drug-likeness (QED) is 0.847. The summed E-state index contributed by atoms with van der Waals surface area (Å²) in [5.74, 6) is -0.327. The number of hydrogen-bond donors (Lipinski definition) is 1. The molecule has 1 N–H and O–H groups in total. The topological polar surface area (TPSA) is 38.3 Å². The number of aryl methyl sites for hydroxylation is 1. The van der Waals surface area contributed by atoms with Crippen LogP contribution < -0.4 is 5.32 Å². The Morgan fingerprint density at radius 3 is 2.79 bits per heavy atom. The van der Waals surface area contributed by atoms with Gasteiger partial charge in [-0.1, -0.05) is 12.1 Å². The number of ether oxygens (including phenoxy) is 1. The first-order valence-corrected chi connectivity index (χ1v) is 7.39. The number of hydrogen-bond acceptors (Lipinski definition) is 4. The summed E-state index contributed by atoms with van der Waals surface area (Å²) in [6.07, 6.45) is 0. The summed E-state index contributed by atoms with van der Waals surface area (Å²) in [6.45, 7) is 2.76. The van der Waals surface area contributed by atoms with Gasteiger partial charge in [-0.15, -0.1) is 11.3 Å². The molecule has 0 unspecified atom stereocenters. The Hall–Kier alpha value is -1.33. The van der Waals surface area contributed by atoms with Gasteiger partial charge in [0.2, 0.25) is 0 Å². The number of benzene rings is 1. The second-order valence-corrected chi connectivity index (χ2v) is 6.20. The number of esters is 1. The van der Waals surface area contributed by atoms with E-state index in [2.05, 4.69) is 34.2 Å². The van der Waals surface area contributed by atoms with E-state index in [0.29, 0.717) is 12.1 Å². The number of thiophene rings is 1. The molecule has 1 heterocycles. The lowest BCUT2D eigenvalue weighted by Crippen LogP contribution is -2.07. The predicted octanol–water partition coefficient (Wildman–Crippen LogP) is 4.22. The first kappa shape index (κ1) is 14.1. The number of halogens is 1. The Bertz CT molecular complexity index is 575. The van der Waals surface area contributed by atoms with Gasteiger partial charge in [-0.25, -0.2) is 4.79 Å². The minimum absolute atomic E-state index is 0.327. The highest BCUT2D eigenvalue weighted by Gasteiger charge is 2.11. The SMILES string of the molecule is COC(=O)c1ccccc1NCc1cc(Br)c(C)s1. The van der Waals surface area contributed by atoms with Crippen molar-refractivity contribution in [2.45, 2.75) is 13.5 Å². The first-order chi connectivity index (χ1) is 9.11. The molecule has 1 aromatic carbocycles. The van der Waals surface area contributed by atoms with Crippen molar-refractivity contribution in [1.29, 1.82) is 0 Å². The standard InChI is InChI=1S/C14H14BrNO2S/c1-9-12(15)7-10(19-9)8-16-13-6-4-3-5-11(13)14(17)18-2/h3-7,16H,8H2,1-2H3. The van der Waals surface area contributed by atoms with Gasteiger partial charge in [0, 0.05) is 26.5 Å². The zero-order valence-corrected chi connectivity index (χ0v) is 13.1. The lowest BCUT2D eigenvalue weighted by atomic mass is 10.2. The van der Waals surface area contributed by atoms with Gasteiger partial charge >= 0.3 is 5.97 Å². The molecule has 0 atom stereocenters. The summed E-state index contributed by atoms with van der Waals surface area (Å²) in [5.41, 5.74) is 1.34. The molecule has 0 bridgehead atoms. The maximum absolute atomic E-state index is 11.6. The highest BCUT2D eigenvalue weighted by molar-refractivity contribution is 9.10. The highest BCUT2D eigenvalue weighted by Crippen LogP contribution is 2.27. The molecule has 2 aromatic rings. The van der Waals surface area contributed by atoms with Crippen molar-refractivity contribution >= 4 is 38.9 Å². The van der Waals surface area contributed by atoms with Crippen molar-refractivity contribution in [3.63, 3.8) is 0 Å². The third kappa shape index (κ3) is 3.36. The molecule has 0 amide bonds. The van der Waals surface area contributed by atoms with Gasteiger partial charge in [0.25, 0.3) is 0 Å². The monoisotopic (exact) mass is 339 g/mol. The van der Waals surface area contributed by atoms with Crippen molar-refractivity contribution < 1.29 is 9.53 Å². The summed E-state index contributed by atoms with van der Waals surface area (Å²) in [4.78, 5) is 14.1. The lowest BCUT2D eigenvalue weighted by molar-refractivity contribution is 0.0602. The third-order valence-corrected chi connectivity index (χ3v) is 4.83. The van der Waals surface area contributed by atoms with Gasteiger partial charge in [0.05, 0.1) is 12.7 Å². The fourth-order valence-corrected chi connectivity index (χ4v) is 3.25. The van der Waals surface area contributed by atoms with Gasteiger partial charge in [0.15, 0.2) is 0 Å². The summed E-state index contributed by atoms with van der Waals surface area (Å²) in [6, 6.07) is 9.44. The molecule has 0 radical (unpaired) electrons. The third-order valence-electron chi connectivity index (χ3n) is 2.69. The first-order valence-electron chi connectivity index (χ1n) is 5.78. The second-order valence-electron chi connectivity index (χ2n) is 4.01. The van der Waals surface area contributed by atoms with Crippen LogP contribution in [0.4, 0.5) is 5.69 Å². The molecule has 0 saturated carbocycles. The molecule has 0 aliphatic carbocycles. The van der Waals surface area contributed by atoms with Crippen LogP contribution in [0.3, 0.4) is 0 Å². The van der Waals surface area contributed by atoms with Crippen LogP contribution in [-0.2, 0) is 11.3 Å². The van der Waals surface area contributed by atoms with Gasteiger partial charge in [-0.05, 0) is 41.1 Å². The largest absolute Gasteiger partial charge is 0.465 e. The van der Waals surface area contributed by atoms with Crippen LogP contribution in [0.2, 0.25) is 0 Å². The molecule has 19 heavy (non-hydrogen) atoms. The minimum atomic E-state index is -0.327. The zero-order chi connectivity index (χ0) is 13.8. The molecule has 0 aliphatic rings. The van der Waals surface area contributed by atoms with E-state index in [9.17, 15) is 4.79 Å². The molecule has 3 nitrogen and oxygen atoms in total. The molecule has 0 aliphatic heterocycles. The summed E-state index contributed by atoms with van der Waals surface area (Å²) in [5, 5.41) is 3.27. The Morgan fingerprint density at radius 2 is 2.16 bits per heavy atom. The summed E-state index contributed by atoms with van der Waals surface area (Å²) >= 11 is 5.23. The number of carbonyl (C=O) groups is 1. The van der Waals surface area contributed by atoms with Crippen LogP contribution in [0.1, 0.15) is 20.1 Å². The predicted molar refractivity (Wildman–Crippen MR) is 81.9 cm³/mol. The lowest BCUT2D eigenvalue weighted by Gasteiger charge is -2.09. The summed E-state index contributed by atoms with van der Waals surface area (Å²) in [7, 11) is 1.39. The van der Waals surface area contributed by atoms with E-state index in [1.807, 2.05) is 18.2 Å². The van der Waals surface area contributed by atoms with Crippen LogP contribution in [0.5, 0.6) is 0 Å². The molecule has 1 aromatic heterocycles. The van der Waals surface area contributed by atoms with Gasteiger partial charge in [-0.3, -0.25) is 0 Å². The normalized spacial score (nSPS) is 10.3. The second kappa shape index (κ2) is 6.21. The van der Waals surface area contributed by atoms with E-state index in [4.69, 9.17) is 4.74 Å². The fraction of sp³-hybridized carbons (Fsp3) is 0.214. The van der Waals surface area contributed by atoms with Crippen LogP contribution in [0, 0.1) is 6.92 Å². The molecular weight excluding hydrogens is 326 g/mol. The Labute approximate surface area is 124 Å². The van der Waals surface area contributed by atoms with Crippen molar-refractivity contribution in [1.82, 2.24) is 0 Å². The number of para-hydroxylation sites is 1. The van der Waals surface area contributed by atoms with E-state index in [1.54, 1.807) is 17.4 Å². The molecule has 0 fully saturated rings. The van der Waals surface area contributed by atoms with Crippen LogP contribution in [0.15, 0.2) is 34.8 Å². The average Bonchev–Trinajstić information content (AvgIpc) is 2.75. The number of nitrogens with one attached hydrogen (secondary N) is 1. The Kier molecular flexibility index (Phi) is 4.61. The van der Waals surface area contributed by atoms with E-state index in [1.165, 1.54) is 16.9 Å². The van der Waals surface area contributed by atoms with Crippen LogP contribution >= 0.6 is 27.3 Å². The van der Waals surface area contributed by atoms with E-state index in [-0.39, 0.29) is 5.97 Å². The van der Waals surface area contributed by atoms with Crippen LogP contribution in [0.25, 0.3) is 0 Å².